The third-order valence-electron chi connectivity index (χ3n) is 3.76. The summed E-state index contributed by atoms with van der Waals surface area (Å²) in [6, 6.07) is -0.288. The summed E-state index contributed by atoms with van der Waals surface area (Å²) in [6.45, 7) is 1.98. The van der Waals surface area contributed by atoms with Gasteiger partial charge in [-0.3, -0.25) is 0 Å². The molecule has 3 rings (SSSR count). The molecular formula is C12H17N5O3S. The molecule has 0 amide bonds. The zero-order valence-corrected chi connectivity index (χ0v) is 12.7. The number of nitrogens with two attached hydrogens (primary N) is 1. The van der Waals surface area contributed by atoms with Gasteiger partial charge in [-0.2, -0.15) is 4.31 Å². The monoisotopic (exact) mass is 311 g/mol. The van der Waals surface area contributed by atoms with E-state index in [1.165, 1.54) is 4.31 Å². The lowest BCUT2D eigenvalue weighted by Crippen LogP contribution is -2.32. The predicted molar refractivity (Wildman–Crippen MR) is 74.7 cm³/mol. The van der Waals surface area contributed by atoms with Crippen LogP contribution in [0.5, 0.6) is 0 Å². The largest absolute Gasteiger partial charge is 0.380 e. The molecule has 0 saturated carbocycles. The van der Waals surface area contributed by atoms with Crippen molar-refractivity contribution in [2.75, 3.05) is 12.3 Å². The molecule has 0 spiro atoms. The Labute approximate surface area is 122 Å². The first kappa shape index (κ1) is 14.1. The van der Waals surface area contributed by atoms with Crippen LogP contribution in [0.3, 0.4) is 0 Å². The second-order valence-electron chi connectivity index (χ2n) is 5.12. The van der Waals surface area contributed by atoms with E-state index >= 15 is 0 Å². The van der Waals surface area contributed by atoms with Gasteiger partial charge in [0.2, 0.25) is 0 Å². The molecule has 2 aromatic rings. The van der Waals surface area contributed by atoms with Crippen molar-refractivity contribution < 1.29 is 12.9 Å². The lowest BCUT2D eigenvalue weighted by molar-refractivity contribution is 0.373. The highest BCUT2D eigenvalue weighted by Crippen LogP contribution is 2.37. The van der Waals surface area contributed by atoms with Gasteiger partial charge in [0.1, 0.15) is 5.82 Å². The fourth-order valence-electron chi connectivity index (χ4n) is 2.80. The Bertz CT molecular complexity index is 744. The van der Waals surface area contributed by atoms with Gasteiger partial charge in [-0.1, -0.05) is 5.16 Å². The van der Waals surface area contributed by atoms with Crippen LogP contribution in [0.4, 0.5) is 5.82 Å². The normalized spacial score (nSPS) is 20.2. The molecule has 2 aromatic heterocycles. The molecule has 0 radical (unpaired) electrons. The van der Waals surface area contributed by atoms with E-state index in [1.807, 2.05) is 11.6 Å². The number of aromatic nitrogens is 3. The molecule has 0 bridgehead atoms. The third kappa shape index (κ3) is 2.12. The van der Waals surface area contributed by atoms with E-state index in [0.29, 0.717) is 6.54 Å². The van der Waals surface area contributed by atoms with Crippen molar-refractivity contribution in [3.63, 3.8) is 0 Å². The van der Waals surface area contributed by atoms with E-state index in [1.54, 1.807) is 19.3 Å². The maximum absolute atomic E-state index is 12.9. The number of imidazole rings is 1. The number of aryl methyl sites for hydroxylation is 2. The summed E-state index contributed by atoms with van der Waals surface area (Å²) in [5, 5.41) is 3.54. The first-order valence-electron chi connectivity index (χ1n) is 6.63. The quantitative estimate of drug-likeness (QED) is 0.899. The van der Waals surface area contributed by atoms with Gasteiger partial charge in [-0.15, -0.1) is 0 Å². The number of sulfonamides is 1. The number of nitrogens with zero attached hydrogens (tertiary/aromatic N) is 4. The summed E-state index contributed by atoms with van der Waals surface area (Å²) in [4.78, 5) is 4.24. The first-order valence-corrected chi connectivity index (χ1v) is 8.07. The second-order valence-corrected chi connectivity index (χ2v) is 6.95. The van der Waals surface area contributed by atoms with Crippen LogP contribution >= 0.6 is 0 Å². The summed E-state index contributed by atoms with van der Waals surface area (Å²) < 4.78 is 33.9. The van der Waals surface area contributed by atoms with Crippen LogP contribution in [0, 0.1) is 6.92 Å². The molecule has 1 unspecified atom stereocenters. The molecule has 1 aliphatic heterocycles. The van der Waals surface area contributed by atoms with Gasteiger partial charge >= 0.3 is 0 Å². The minimum absolute atomic E-state index is 0.0383. The van der Waals surface area contributed by atoms with Crippen molar-refractivity contribution in [1.82, 2.24) is 19.0 Å². The lowest BCUT2D eigenvalue weighted by atomic mass is 10.2. The molecule has 21 heavy (non-hydrogen) atoms. The molecule has 9 heteroatoms. The van der Waals surface area contributed by atoms with Gasteiger partial charge < -0.3 is 14.8 Å². The van der Waals surface area contributed by atoms with Crippen molar-refractivity contribution in [3.8, 4) is 0 Å². The first-order chi connectivity index (χ1) is 9.93. The number of hydrogen-bond donors (Lipinski definition) is 1. The Morgan fingerprint density at radius 3 is 2.81 bits per heavy atom. The van der Waals surface area contributed by atoms with E-state index in [0.717, 1.165) is 18.7 Å². The highest BCUT2D eigenvalue weighted by atomic mass is 32.2. The molecular weight excluding hydrogens is 294 g/mol. The summed E-state index contributed by atoms with van der Waals surface area (Å²) >= 11 is 0. The standard InChI is InChI=1S/C12H17N5O3S/c1-8-10(11(13)15-20-8)21(18,19)17-6-3-4-9(17)12-14-5-7-16(12)2/h5,7,9H,3-4,6H2,1-2H3,(H2,13,15). The molecule has 0 aromatic carbocycles. The van der Waals surface area contributed by atoms with Crippen molar-refractivity contribution in [2.45, 2.75) is 30.7 Å². The van der Waals surface area contributed by atoms with Crippen LogP contribution in [-0.2, 0) is 17.1 Å². The fourth-order valence-corrected chi connectivity index (χ4v) is 4.64. The van der Waals surface area contributed by atoms with Crippen molar-refractivity contribution in [1.29, 1.82) is 0 Å². The zero-order valence-electron chi connectivity index (χ0n) is 11.9. The van der Waals surface area contributed by atoms with Crippen LogP contribution in [0.1, 0.15) is 30.5 Å². The SMILES string of the molecule is Cc1onc(N)c1S(=O)(=O)N1CCCC1c1nccn1C. The molecule has 2 N–H and O–H groups in total. The van der Waals surface area contributed by atoms with Gasteiger partial charge in [-0.25, -0.2) is 13.4 Å². The Balaban J connectivity index is 2.05. The van der Waals surface area contributed by atoms with Gasteiger partial charge in [0.15, 0.2) is 16.5 Å². The number of nitrogen functional groups attached to an aromatic ring is 1. The highest BCUT2D eigenvalue weighted by molar-refractivity contribution is 7.89. The van der Waals surface area contributed by atoms with E-state index in [4.69, 9.17) is 10.3 Å². The Hall–Kier alpha value is -1.87. The smallest absolute Gasteiger partial charge is 0.251 e. The van der Waals surface area contributed by atoms with Gasteiger partial charge in [0.05, 0.1) is 6.04 Å². The molecule has 1 fully saturated rings. The molecule has 8 nitrogen and oxygen atoms in total. The summed E-state index contributed by atoms with van der Waals surface area (Å²) in [5.74, 6) is 0.833. The summed E-state index contributed by atoms with van der Waals surface area (Å²) in [6.07, 6.45) is 4.98. The van der Waals surface area contributed by atoms with E-state index < -0.39 is 10.0 Å². The van der Waals surface area contributed by atoms with Crippen LogP contribution < -0.4 is 5.73 Å². The molecule has 0 aliphatic carbocycles. The number of anilines is 1. The minimum atomic E-state index is -3.75. The number of rotatable bonds is 3. The van der Waals surface area contributed by atoms with E-state index in [-0.39, 0.29) is 22.5 Å². The Kier molecular flexibility index (Phi) is 3.25. The lowest BCUT2D eigenvalue weighted by Gasteiger charge is -2.23. The van der Waals surface area contributed by atoms with E-state index in [9.17, 15) is 8.42 Å². The molecule has 3 heterocycles. The topological polar surface area (TPSA) is 107 Å². The average molecular weight is 311 g/mol. The zero-order chi connectivity index (χ0) is 15.2. The Morgan fingerprint density at radius 1 is 1.48 bits per heavy atom. The minimum Gasteiger partial charge on any atom is -0.380 e. The van der Waals surface area contributed by atoms with Crippen LogP contribution in [-0.4, -0.2) is 34.0 Å². The van der Waals surface area contributed by atoms with Crippen LogP contribution in [0.25, 0.3) is 0 Å². The van der Waals surface area contributed by atoms with Gasteiger partial charge in [-0.05, 0) is 19.8 Å². The van der Waals surface area contributed by atoms with Crippen molar-refractivity contribution >= 4 is 15.8 Å². The molecule has 1 aliphatic rings. The molecule has 114 valence electrons. The maximum atomic E-state index is 12.9. The van der Waals surface area contributed by atoms with Crippen molar-refractivity contribution in [3.05, 3.63) is 24.0 Å². The predicted octanol–water partition coefficient (Wildman–Crippen LogP) is 0.825. The fraction of sp³-hybridized carbons (Fsp3) is 0.500. The Morgan fingerprint density at radius 2 is 2.24 bits per heavy atom. The van der Waals surface area contributed by atoms with E-state index in [2.05, 4.69) is 10.1 Å². The summed E-state index contributed by atoms with van der Waals surface area (Å²) in [7, 11) is -1.90. The molecule has 1 atom stereocenters. The highest BCUT2D eigenvalue weighted by Gasteiger charge is 2.41. The summed E-state index contributed by atoms with van der Waals surface area (Å²) in [5.41, 5.74) is 5.66. The number of hydrogen-bond acceptors (Lipinski definition) is 6. The molecule has 1 saturated heterocycles. The maximum Gasteiger partial charge on any atom is 0.251 e. The second kappa shape index (κ2) is 4.85. The van der Waals surface area contributed by atoms with Gasteiger partial charge in [0.25, 0.3) is 10.0 Å². The van der Waals surface area contributed by atoms with Crippen LogP contribution in [0.15, 0.2) is 21.8 Å². The van der Waals surface area contributed by atoms with Crippen molar-refractivity contribution in [2.24, 2.45) is 7.05 Å². The third-order valence-corrected chi connectivity index (χ3v) is 5.83. The average Bonchev–Trinajstić information content (AvgIpc) is 3.09. The van der Waals surface area contributed by atoms with Crippen LogP contribution in [0.2, 0.25) is 0 Å². The van der Waals surface area contributed by atoms with Gasteiger partial charge in [0, 0.05) is 26.0 Å².